The molecule has 0 radical (unpaired) electrons. The predicted octanol–water partition coefficient (Wildman–Crippen LogP) is 0.982. The molecular weight excluding hydrogens is 230 g/mol. The van der Waals surface area contributed by atoms with E-state index in [1.807, 2.05) is 0 Å². The number of hydrogen-bond acceptors (Lipinski definition) is 3. The number of rotatable bonds is 5. The number of carbonyl (C=O) groups is 1. The van der Waals surface area contributed by atoms with Crippen LogP contribution in [0.2, 0.25) is 0 Å². The third kappa shape index (κ3) is 3.47. The van der Waals surface area contributed by atoms with Gasteiger partial charge in [0.2, 0.25) is 5.78 Å². The van der Waals surface area contributed by atoms with Crippen molar-refractivity contribution in [1.82, 2.24) is 0 Å². The average molecular weight is 252 g/mol. The van der Waals surface area contributed by atoms with Crippen LogP contribution in [0.4, 0.5) is 0 Å². The highest BCUT2D eigenvalue weighted by molar-refractivity contribution is 5.97. The summed E-state index contributed by atoms with van der Waals surface area (Å²) in [5, 5.41) is 18.6. The second-order valence-corrected chi connectivity index (χ2v) is 5.19. The predicted molar refractivity (Wildman–Crippen MR) is 70.2 cm³/mol. The zero-order valence-corrected chi connectivity index (χ0v) is 11.4. The van der Waals surface area contributed by atoms with Gasteiger partial charge in [0, 0.05) is 5.56 Å². The SMILES string of the molecule is CC(C)[NH+](CC(=O)c1ccc(O)c(O)c1)C(C)C. The summed E-state index contributed by atoms with van der Waals surface area (Å²) in [6.45, 7) is 8.71. The van der Waals surface area contributed by atoms with Crippen molar-refractivity contribution < 1.29 is 19.9 Å². The Labute approximate surface area is 108 Å². The molecule has 0 aliphatic heterocycles. The van der Waals surface area contributed by atoms with E-state index in [1.54, 1.807) is 0 Å². The number of nitrogens with one attached hydrogen (secondary N) is 1. The summed E-state index contributed by atoms with van der Waals surface area (Å²) in [4.78, 5) is 13.3. The highest BCUT2D eigenvalue weighted by Crippen LogP contribution is 2.24. The lowest BCUT2D eigenvalue weighted by Crippen LogP contribution is -3.18. The molecule has 3 N–H and O–H groups in total. The Hall–Kier alpha value is -1.55. The largest absolute Gasteiger partial charge is 0.504 e. The highest BCUT2D eigenvalue weighted by atomic mass is 16.3. The Morgan fingerprint density at radius 3 is 2.11 bits per heavy atom. The number of quaternary nitrogens is 1. The van der Waals surface area contributed by atoms with E-state index in [9.17, 15) is 15.0 Å². The maximum absolute atomic E-state index is 12.1. The highest BCUT2D eigenvalue weighted by Gasteiger charge is 2.22. The molecule has 0 spiro atoms. The number of aromatic hydroxyl groups is 2. The van der Waals surface area contributed by atoms with Crippen molar-refractivity contribution in [2.75, 3.05) is 6.54 Å². The van der Waals surface area contributed by atoms with Crippen molar-refractivity contribution in [3.8, 4) is 11.5 Å². The lowest BCUT2D eigenvalue weighted by atomic mass is 10.1. The first-order valence-corrected chi connectivity index (χ1v) is 6.23. The lowest BCUT2D eigenvalue weighted by Gasteiger charge is -2.26. The van der Waals surface area contributed by atoms with Gasteiger partial charge in [-0.3, -0.25) is 4.79 Å². The molecule has 0 aliphatic rings. The van der Waals surface area contributed by atoms with Crippen LogP contribution in [0.15, 0.2) is 18.2 Å². The van der Waals surface area contributed by atoms with Gasteiger partial charge in [-0.2, -0.15) is 0 Å². The van der Waals surface area contributed by atoms with Crippen molar-refractivity contribution in [2.24, 2.45) is 0 Å². The fraction of sp³-hybridized carbons (Fsp3) is 0.500. The van der Waals surface area contributed by atoms with Crippen LogP contribution in [-0.2, 0) is 0 Å². The molecular formula is C14H22NO3+. The Morgan fingerprint density at radius 2 is 1.67 bits per heavy atom. The van der Waals surface area contributed by atoms with E-state index in [-0.39, 0.29) is 17.3 Å². The number of ketones is 1. The third-order valence-electron chi connectivity index (χ3n) is 3.15. The Balaban J connectivity index is 2.84. The number of Topliss-reactive ketones (excluding diaryl/α,β-unsaturated/α-hetero) is 1. The van der Waals surface area contributed by atoms with Gasteiger partial charge >= 0.3 is 0 Å². The summed E-state index contributed by atoms with van der Waals surface area (Å²) in [5.41, 5.74) is 0.434. The third-order valence-corrected chi connectivity index (χ3v) is 3.15. The van der Waals surface area contributed by atoms with Crippen LogP contribution in [0, 0.1) is 0 Å². The fourth-order valence-electron chi connectivity index (χ4n) is 2.06. The molecule has 0 heterocycles. The van der Waals surface area contributed by atoms with Gasteiger partial charge in [-0.15, -0.1) is 0 Å². The van der Waals surface area contributed by atoms with Gasteiger partial charge in [0.25, 0.3) is 0 Å². The van der Waals surface area contributed by atoms with Crippen LogP contribution in [-0.4, -0.2) is 34.6 Å². The number of phenols is 2. The first-order chi connectivity index (χ1) is 8.32. The van der Waals surface area contributed by atoms with E-state index >= 15 is 0 Å². The Bertz CT molecular complexity index is 419. The van der Waals surface area contributed by atoms with Gasteiger partial charge in [-0.05, 0) is 45.9 Å². The number of phenolic OH excluding ortho intramolecular Hbond substituents is 2. The first kappa shape index (κ1) is 14.5. The van der Waals surface area contributed by atoms with Crippen molar-refractivity contribution in [3.05, 3.63) is 23.8 Å². The molecule has 0 unspecified atom stereocenters. The van der Waals surface area contributed by atoms with Crippen LogP contribution in [0.5, 0.6) is 11.5 Å². The van der Waals surface area contributed by atoms with Crippen LogP contribution >= 0.6 is 0 Å². The summed E-state index contributed by atoms with van der Waals surface area (Å²) < 4.78 is 0. The Morgan fingerprint density at radius 1 is 1.11 bits per heavy atom. The summed E-state index contributed by atoms with van der Waals surface area (Å²) in [6, 6.07) is 4.91. The van der Waals surface area contributed by atoms with Gasteiger partial charge < -0.3 is 15.1 Å². The monoisotopic (exact) mass is 252 g/mol. The maximum Gasteiger partial charge on any atom is 0.217 e. The molecule has 0 bridgehead atoms. The van der Waals surface area contributed by atoms with Gasteiger partial charge in [0.15, 0.2) is 11.5 Å². The van der Waals surface area contributed by atoms with Crippen molar-refractivity contribution in [2.45, 2.75) is 39.8 Å². The number of benzene rings is 1. The van der Waals surface area contributed by atoms with Crippen LogP contribution in [0.25, 0.3) is 0 Å². The van der Waals surface area contributed by atoms with Gasteiger partial charge in [0.1, 0.15) is 6.54 Å². The average Bonchev–Trinajstić information content (AvgIpc) is 2.28. The quantitative estimate of drug-likeness (QED) is 0.541. The lowest BCUT2D eigenvalue weighted by molar-refractivity contribution is -0.934. The molecule has 0 fully saturated rings. The molecule has 0 aromatic heterocycles. The number of hydrogen-bond donors (Lipinski definition) is 3. The van der Waals surface area contributed by atoms with Gasteiger partial charge in [0.05, 0.1) is 12.1 Å². The molecule has 1 aromatic rings. The van der Waals surface area contributed by atoms with E-state index in [0.29, 0.717) is 24.2 Å². The van der Waals surface area contributed by atoms with Crippen molar-refractivity contribution >= 4 is 5.78 Å². The second-order valence-electron chi connectivity index (χ2n) is 5.19. The summed E-state index contributed by atoms with van der Waals surface area (Å²) in [6.07, 6.45) is 0. The molecule has 0 aliphatic carbocycles. The smallest absolute Gasteiger partial charge is 0.217 e. The van der Waals surface area contributed by atoms with Gasteiger partial charge in [-0.1, -0.05) is 0 Å². The van der Waals surface area contributed by atoms with E-state index < -0.39 is 0 Å². The molecule has 0 amide bonds. The van der Waals surface area contributed by atoms with Crippen molar-refractivity contribution in [1.29, 1.82) is 0 Å². The zero-order chi connectivity index (χ0) is 13.9. The summed E-state index contributed by atoms with van der Waals surface area (Å²) in [7, 11) is 0. The molecule has 0 saturated heterocycles. The first-order valence-electron chi connectivity index (χ1n) is 6.23. The van der Waals surface area contributed by atoms with Crippen LogP contribution in [0.1, 0.15) is 38.1 Å². The minimum Gasteiger partial charge on any atom is -0.504 e. The fourth-order valence-corrected chi connectivity index (χ4v) is 2.06. The molecule has 100 valence electrons. The Kier molecular flexibility index (Phi) is 4.73. The molecule has 0 atom stereocenters. The summed E-state index contributed by atoms with van der Waals surface area (Å²) >= 11 is 0. The van der Waals surface area contributed by atoms with E-state index in [1.165, 1.54) is 23.1 Å². The molecule has 1 rings (SSSR count). The topological polar surface area (TPSA) is 62.0 Å². The number of carbonyl (C=O) groups excluding carboxylic acids is 1. The van der Waals surface area contributed by atoms with Gasteiger partial charge in [-0.25, -0.2) is 0 Å². The zero-order valence-electron chi connectivity index (χ0n) is 11.4. The molecule has 0 saturated carbocycles. The second kappa shape index (κ2) is 5.87. The molecule has 4 nitrogen and oxygen atoms in total. The summed E-state index contributed by atoms with van der Waals surface area (Å²) in [5.74, 6) is -0.484. The minimum absolute atomic E-state index is 0.0253. The van der Waals surface area contributed by atoms with Crippen LogP contribution < -0.4 is 4.90 Å². The van der Waals surface area contributed by atoms with E-state index in [0.717, 1.165) is 0 Å². The van der Waals surface area contributed by atoms with Crippen molar-refractivity contribution in [3.63, 3.8) is 0 Å². The van der Waals surface area contributed by atoms with Crippen LogP contribution in [0.3, 0.4) is 0 Å². The van der Waals surface area contributed by atoms with E-state index in [4.69, 9.17) is 0 Å². The molecule has 4 heteroatoms. The maximum atomic E-state index is 12.1. The minimum atomic E-state index is -0.253. The molecule has 18 heavy (non-hydrogen) atoms. The van der Waals surface area contributed by atoms with E-state index in [2.05, 4.69) is 27.7 Å². The standard InChI is InChI=1S/C14H21NO3/c1-9(2)15(10(3)4)8-14(18)11-5-6-12(16)13(17)7-11/h5-7,9-10,16-17H,8H2,1-4H3/p+1. The normalized spacial score (nSPS) is 11.5. The molecule has 1 aromatic carbocycles.